The molecule has 1 fully saturated rings. The summed E-state index contributed by atoms with van der Waals surface area (Å²) in [6.45, 7) is 6.83. The molecule has 2 aromatic rings. The van der Waals surface area contributed by atoms with E-state index in [-0.39, 0.29) is 0 Å². The molecule has 1 aromatic carbocycles. The highest BCUT2D eigenvalue weighted by molar-refractivity contribution is 5.46. The van der Waals surface area contributed by atoms with Crippen LogP contribution in [-0.2, 0) is 6.54 Å². The van der Waals surface area contributed by atoms with Gasteiger partial charge in [0.05, 0.1) is 6.54 Å². The van der Waals surface area contributed by atoms with Crippen molar-refractivity contribution in [2.45, 2.75) is 13.5 Å². The van der Waals surface area contributed by atoms with E-state index in [0.29, 0.717) is 5.82 Å². The van der Waals surface area contributed by atoms with Gasteiger partial charge in [-0.1, -0.05) is 18.2 Å². The predicted octanol–water partition coefficient (Wildman–Crippen LogP) is 1.69. The molecule has 3 rings (SSSR count). The molecule has 0 atom stereocenters. The van der Waals surface area contributed by atoms with Crippen molar-refractivity contribution in [2.75, 3.05) is 36.8 Å². The molecule has 0 radical (unpaired) electrons. The highest BCUT2D eigenvalue weighted by Crippen LogP contribution is 2.16. The number of aromatic nitrogens is 2. The van der Waals surface area contributed by atoms with E-state index < -0.39 is 0 Å². The number of para-hydroxylation sites is 1. The molecule has 2 heterocycles. The van der Waals surface area contributed by atoms with Crippen LogP contribution in [0.15, 0.2) is 36.4 Å². The summed E-state index contributed by atoms with van der Waals surface area (Å²) in [7, 11) is 0. The number of piperazine rings is 1. The Hall–Kier alpha value is -2.14. The highest BCUT2D eigenvalue weighted by atomic mass is 15.3. The summed E-state index contributed by atoms with van der Waals surface area (Å²) in [5.74, 6) is 1.38. The zero-order chi connectivity index (χ0) is 14.7. The van der Waals surface area contributed by atoms with Crippen LogP contribution in [-0.4, -0.2) is 41.0 Å². The first-order chi connectivity index (χ1) is 10.2. The fourth-order valence-electron chi connectivity index (χ4n) is 2.73. The Balaban J connectivity index is 1.58. The van der Waals surface area contributed by atoms with E-state index in [2.05, 4.69) is 50.1 Å². The van der Waals surface area contributed by atoms with Crippen molar-refractivity contribution < 1.29 is 0 Å². The molecule has 1 aromatic heterocycles. The Labute approximate surface area is 125 Å². The zero-order valence-corrected chi connectivity index (χ0v) is 12.4. The number of nitrogens with two attached hydrogens (primary N) is 1. The van der Waals surface area contributed by atoms with Gasteiger partial charge in [-0.15, -0.1) is 0 Å². The largest absolute Gasteiger partial charge is 0.384 e. The minimum absolute atomic E-state index is 0.556. The first-order valence-corrected chi connectivity index (χ1v) is 7.33. The lowest BCUT2D eigenvalue weighted by atomic mass is 10.2. The molecule has 0 bridgehead atoms. The number of rotatable bonds is 3. The quantitative estimate of drug-likeness (QED) is 0.929. The topological polar surface area (TPSA) is 58.3 Å². The molecule has 5 nitrogen and oxygen atoms in total. The zero-order valence-electron chi connectivity index (χ0n) is 12.4. The van der Waals surface area contributed by atoms with E-state index in [1.54, 1.807) is 6.07 Å². The summed E-state index contributed by atoms with van der Waals surface area (Å²) in [6, 6.07) is 12.4. The number of hydrogen-bond acceptors (Lipinski definition) is 5. The molecule has 0 aliphatic carbocycles. The maximum atomic E-state index is 5.78. The van der Waals surface area contributed by atoms with Crippen LogP contribution in [0.4, 0.5) is 11.5 Å². The van der Waals surface area contributed by atoms with Gasteiger partial charge in [-0.2, -0.15) is 0 Å². The number of nitrogens with zero attached hydrogens (tertiary/aromatic N) is 4. The second-order valence-electron chi connectivity index (χ2n) is 5.45. The Morgan fingerprint density at radius 1 is 1.05 bits per heavy atom. The first-order valence-electron chi connectivity index (χ1n) is 7.33. The van der Waals surface area contributed by atoms with Gasteiger partial charge in [-0.05, 0) is 19.1 Å². The smallest absolute Gasteiger partial charge is 0.144 e. The number of hydrogen-bond donors (Lipinski definition) is 1. The molecule has 21 heavy (non-hydrogen) atoms. The van der Waals surface area contributed by atoms with Crippen LogP contribution in [0.1, 0.15) is 11.5 Å². The van der Waals surface area contributed by atoms with Crippen LogP contribution in [0, 0.1) is 6.92 Å². The lowest BCUT2D eigenvalue weighted by molar-refractivity contribution is 0.244. The minimum atomic E-state index is 0.556. The lowest BCUT2D eigenvalue weighted by Gasteiger charge is -2.35. The fourth-order valence-corrected chi connectivity index (χ4v) is 2.73. The normalized spacial score (nSPS) is 16.1. The van der Waals surface area contributed by atoms with Crippen molar-refractivity contribution in [3.8, 4) is 0 Å². The molecule has 5 heteroatoms. The average molecular weight is 283 g/mol. The van der Waals surface area contributed by atoms with Crippen LogP contribution < -0.4 is 10.6 Å². The SMILES string of the molecule is Cc1cc(N)nc(CN2CCN(c3ccccc3)CC2)n1. The highest BCUT2D eigenvalue weighted by Gasteiger charge is 2.18. The van der Waals surface area contributed by atoms with Gasteiger partial charge in [-0.3, -0.25) is 4.90 Å². The fraction of sp³-hybridized carbons (Fsp3) is 0.375. The van der Waals surface area contributed by atoms with E-state index in [1.165, 1.54) is 5.69 Å². The molecule has 1 aliphatic heterocycles. The maximum Gasteiger partial charge on any atom is 0.144 e. The van der Waals surface area contributed by atoms with Gasteiger partial charge in [0.15, 0.2) is 0 Å². The van der Waals surface area contributed by atoms with Gasteiger partial charge < -0.3 is 10.6 Å². The molecule has 1 aliphatic rings. The summed E-state index contributed by atoms with van der Waals surface area (Å²) >= 11 is 0. The summed E-state index contributed by atoms with van der Waals surface area (Å²) in [5, 5.41) is 0. The maximum absolute atomic E-state index is 5.78. The number of benzene rings is 1. The van der Waals surface area contributed by atoms with Crippen LogP contribution >= 0.6 is 0 Å². The van der Waals surface area contributed by atoms with Crippen LogP contribution in [0.2, 0.25) is 0 Å². The second kappa shape index (κ2) is 6.10. The van der Waals surface area contributed by atoms with Crippen molar-refractivity contribution >= 4 is 11.5 Å². The monoisotopic (exact) mass is 283 g/mol. The second-order valence-corrected chi connectivity index (χ2v) is 5.45. The van der Waals surface area contributed by atoms with Crippen LogP contribution in [0.3, 0.4) is 0 Å². The van der Waals surface area contributed by atoms with Gasteiger partial charge in [0.2, 0.25) is 0 Å². The van der Waals surface area contributed by atoms with E-state index in [4.69, 9.17) is 5.73 Å². The molecule has 0 unspecified atom stereocenters. The Morgan fingerprint density at radius 3 is 2.43 bits per heavy atom. The molecular formula is C16H21N5. The molecule has 2 N–H and O–H groups in total. The van der Waals surface area contributed by atoms with E-state index in [0.717, 1.165) is 44.2 Å². The van der Waals surface area contributed by atoms with Gasteiger partial charge in [0.25, 0.3) is 0 Å². The first kappa shape index (κ1) is 13.8. The predicted molar refractivity (Wildman–Crippen MR) is 85.1 cm³/mol. The Bertz CT molecular complexity index is 571. The van der Waals surface area contributed by atoms with E-state index in [1.807, 2.05) is 6.92 Å². The van der Waals surface area contributed by atoms with Crippen LogP contribution in [0.25, 0.3) is 0 Å². The molecule has 0 spiro atoms. The van der Waals surface area contributed by atoms with Crippen molar-refractivity contribution in [2.24, 2.45) is 0 Å². The summed E-state index contributed by atoms with van der Waals surface area (Å²) in [5.41, 5.74) is 8.01. The summed E-state index contributed by atoms with van der Waals surface area (Å²) < 4.78 is 0. The third kappa shape index (κ3) is 3.49. The van der Waals surface area contributed by atoms with Crippen molar-refractivity contribution in [3.63, 3.8) is 0 Å². The Morgan fingerprint density at radius 2 is 1.76 bits per heavy atom. The standard InChI is InChI=1S/C16H21N5/c1-13-11-15(17)19-16(18-13)12-20-7-9-21(10-8-20)14-5-3-2-4-6-14/h2-6,11H,7-10,12H2,1H3,(H2,17,18,19). The molecular weight excluding hydrogens is 262 g/mol. The molecule has 0 saturated carbocycles. The average Bonchev–Trinajstić information content (AvgIpc) is 2.48. The van der Waals surface area contributed by atoms with Crippen molar-refractivity contribution in [3.05, 3.63) is 47.9 Å². The van der Waals surface area contributed by atoms with Crippen LogP contribution in [0.5, 0.6) is 0 Å². The summed E-state index contributed by atoms with van der Waals surface area (Å²) in [6.07, 6.45) is 0. The lowest BCUT2D eigenvalue weighted by Crippen LogP contribution is -2.46. The van der Waals surface area contributed by atoms with E-state index in [9.17, 15) is 0 Å². The number of anilines is 2. The third-order valence-corrected chi connectivity index (χ3v) is 3.78. The molecule has 1 saturated heterocycles. The van der Waals surface area contributed by atoms with Gasteiger partial charge >= 0.3 is 0 Å². The Kier molecular flexibility index (Phi) is 4.01. The summed E-state index contributed by atoms with van der Waals surface area (Å²) in [4.78, 5) is 13.6. The van der Waals surface area contributed by atoms with Crippen molar-refractivity contribution in [1.82, 2.24) is 14.9 Å². The number of aryl methyl sites for hydroxylation is 1. The van der Waals surface area contributed by atoms with Gasteiger partial charge in [0, 0.05) is 43.6 Å². The van der Waals surface area contributed by atoms with Crippen molar-refractivity contribution in [1.29, 1.82) is 0 Å². The molecule has 0 amide bonds. The van der Waals surface area contributed by atoms with E-state index >= 15 is 0 Å². The van der Waals surface area contributed by atoms with Gasteiger partial charge in [-0.25, -0.2) is 9.97 Å². The number of nitrogen functional groups attached to an aromatic ring is 1. The molecule has 110 valence electrons. The minimum Gasteiger partial charge on any atom is -0.384 e. The van der Waals surface area contributed by atoms with Gasteiger partial charge in [0.1, 0.15) is 11.6 Å². The third-order valence-electron chi connectivity index (χ3n) is 3.78.